The quantitative estimate of drug-likeness (QED) is 0.754. The second kappa shape index (κ2) is 6.03. The Balaban J connectivity index is 1.55. The lowest BCUT2D eigenvalue weighted by molar-refractivity contribution is 0.362. The zero-order valence-corrected chi connectivity index (χ0v) is 14.3. The Labute approximate surface area is 144 Å². The van der Waals surface area contributed by atoms with Crippen molar-refractivity contribution >= 4 is 29.0 Å². The fourth-order valence-electron chi connectivity index (χ4n) is 2.72. The maximum Gasteiger partial charge on any atom is 0.206 e. The van der Waals surface area contributed by atoms with Crippen molar-refractivity contribution in [3.05, 3.63) is 30.7 Å². The second-order valence-electron chi connectivity index (χ2n) is 6.37. The van der Waals surface area contributed by atoms with E-state index in [9.17, 15) is 0 Å². The predicted molar refractivity (Wildman–Crippen MR) is 94.1 cm³/mol. The largest absolute Gasteiger partial charge is 0.342 e. The third kappa shape index (κ3) is 3.20. The van der Waals surface area contributed by atoms with Crippen LogP contribution in [-0.4, -0.2) is 43.5 Å². The van der Waals surface area contributed by atoms with Gasteiger partial charge in [-0.15, -0.1) is 0 Å². The van der Waals surface area contributed by atoms with Gasteiger partial charge in [-0.3, -0.25) is 4.98 Å². The number of piperidine rings is 1. The van der Waals surface area contributed by atoms with Crippen LogP contribution in [0.25, 0.3) is 11.3 Å². The highest BCUT2D eigenvalue weighted by molar-refractivity contribution is 7.99. The molecule has 0 unspecified atom stereocenters. The van der Waals surface area contributed by atoms with E-state index in [2.05, 4.69) is 36.7 Å². The Bertz CT molecular complexity index is 836. The first-order chi connectivity index (χ1) is 11.6. The monoisotopic (exact) mass is 341 g/mol. The van der Waals surface area contributed by atoms with Gasteiger partial charge in [0.1, 0.15) is 5.03 Å². The van der Waals surface area contributed by atoms with Crippen molar-refractivity contribution < 1.29 is 0 Å². The van der Waals surface area contributed by atoms with Crippen molar-refractivity contribution in [2.75, 3.05) is 18.0 Å². The number of imidazole rings is 1. The van der Waals surface area contributed by atoms with Crippen molar-refractivity contribution in [1.29, 1.82) is 0 Å². The molecule has 0 bridgehead atoms. The minimum Gasteiger partial charge on any atom is -0.342 e. The van der Waals surface area contributed by atoms with E-state index >= 15 is 0 Å². The van der Waals surface area contributed by atoms with E-state index < -0.39 is 0 Å². The molecule has 4 heterocycles. The van der Waals surface area contributed by atoms with Crippen LogP contribution in [0.4, 0.5) is 5.95 Å². The van der Waals surface area contributed by atoms with Crippen LogP contribution in [-0.2, 0) is 0 Å². The molecule has 8 heteroatoms. The summed E-state index contributed by atoms with van der Waals surface area (Å²) in [4.78, 5) is 24.3. The highest BCUT2D eigenvalue weighted by atomic mass is 32.2. The van der Waals surface area contributed by atoms with Gasteiger partial charge in [0.25, 0.3) is 0 Å². The number of rotatable bonds is 3. The summed E-state index contributed by atoms with van der Waals surface area (Å²) in [6, 6.07) is 3.91. The van der Waals surface area contributed by atoms with Crippen LogP contribution >= 0.6 is 11.8 Å². The molecule has 0 spiro atoms. The van der Waals surface area contributed by atoms with Gasteiger partial charge in [0, 0.05) is 35.9 Å². The number of pyridine rings is 1. The van der Waals surface area contributed by atoms with Gasteiger partial charge < -0.3 is 15.6 Å². The summed E-state index contributed by atoms with van der Waals surface area (Å²) in [5.74, 6) is 0.823. The highest BCUT2D eigenvalue weighted by Gasteiger charge is 2.27. The molecule has 3 aromatic heterocycles. The third-order valence-electron chi connectivity index (χ3n) is 4.24. The van der Waals surface area contributed by atoms with Crippen molar-refractivity contribution in [2.45, 2.75) is 35.2 Å². The second-order valence-corrected chi connectivity index (χ2v) is 7.47. The average molecular weight is 341 g/mol. The van der Waals surface area contributed by atoms with Gasteiger partial charge in [-0.25, -0.2) is 9.97 Å². The molecule has 0 amide bonds. The van der Waals surface area contributed by atoms with Crippen molar-refractivity contribution in [3.63, 3.8) is 0 Å². The third-order valence-corrected chi connectivity index (χ3v) is 5.12. The Morgan fingerprint density at radius 1 is 1.25 bits per heavy atom. The number of hydrogen-bond acceptors (Lipinski definition) is 7. The molecule has 1 aliphatic rings. The molecule has 4 rings (SSSR count). The zero-order chi connectivity index (χ0) is 16.6. The molecule has 0 saturated carbocycles. The summed E-state index contributed by atoms with van der Waals surface area (Å²) in [5, 5.41) is 0.818. The Morgan fingerprint density at radius 3 is 2.83 bits per heavy atom. The van der Waals surface area contributed by atoms with Crippen molar-refractivity contribution in [1.82, 2.24) is 24.9 Å². The molecule has 24 heavy (non-hydrogen) atoms. The maximum atomic E-state index is 6.20. The molecule has 0 atom stereocenters. The van der Waals surface area contributed by atoms with E-state index in [-0.39, 0.29) is 5.54 Å². The van der Waals surface area contributed by atoms with Crippen molar-refractivity contribution in [2.24, 2.45) is 5.73 Å². The predicted octanol–water partition coefficient (Wildman–Crippen LogP) is 2.22. The number of anilines is 1. The number of aromatic amines is 1. The van der Waals surface area contributed by atoms with Gasteiger partial charge in [-0.2, -0.15) is 4.98 Å². The van der Waals surface area contributed by atoms with E-state index in [0.717, 1.165) is 41.8 Å². The normalized spacial score (nSPS) is 17.3. The van der Waals surface area contributed by atoms with Crippen LogP contribution in [0.3, 0.4) is 0 Å². The summed E-state index contributed by atoms with van der Waals surface area (Å²) in [5.41, 5.74) is 7.47. The van der Waals surface area contributed by atoms with Crippen molar-refractivity contribution in [3.8, 4) is 0 Å². The molecular formula is C16H19N7S. The summed E-state index contributed by atoms with van der Waals surface area (Å²) in [7, 11) is 0. The van der Waals surface area contributed by atoms with Gasteiger partial charge >= 0.3 is 0 Å². The van der Waals surface area contributed by atoms with E-state index in [0.29, 0.717) is 11.3 Å². The van der Waals surface area contributed by atoms with E-state index in [1.54, 1.807) is 12.4 Å². The van der Waals surface area contributed by atoms with Crippen LogP contribution in [0.1, 0.15) is 19.8 Å². The summed E-state index contributed by atoms with van der Waals surface area (Å²) >= 11 is 1.53. The first-order valence-corrected chi connectivity index (χ1v) is 8.75. The molecule has 3 N–H and O–H groups in total. The lowest BCUT2D eigenvalue weighted by Gasteiger charge is -2.36. The van der Waals surface area contributed by atoms with Gasteiger partial charge in [0.05, 0.1) is 6.20 Å². The van der Waals surface area contributed by atoms with Crippen LogP contribution < -0.4 is 10.6 Å². The van der Waals surface area contributed by atoms with E-state index in [1.165, 1.54) is 11.8 Å². The minimum atomic E-state index is -0.0768. The number of hydrogen-bond donors (Lipinski definition) is 2. The standard InChI is InChI=1S/C16H19N7S/c1-16(17)4-7-23(8-5-16)15-21-13-14(22-15)20-12(10-19-13)24-11-3-2-6-18-9-11/h2-3,6,9-10H,4-5,7-8,17H2,1H3,(H,19,20,21,22). The van der Waals surface area contributed by atoms with Crippen LogP contribution in [0, 0.1) is 0 Å². The molecule has 0 aromatic carbocycles. The molecule has 1 saturated heterocycles. The highest BCUT2D eigenvalue weighted by Crippen LogP contribution is 2.27. The van der Waals surface area contributed by atoms with Gasteiger partial charge in [0.15, 0.2) is 11.3 Å². The molecule has 1 fully saturated rings. The molecular weight excluding hydrogens is 322 g/mol. The molecule has 7 nitrogen and oxygen atoms in total. The zero-order valence-electron chi connectivity index (χ0n) is 13.4. The first-order valence-electron chi connectivity index (χ1n) is 7.94. The SMILES string of the molecule is CC1(N)CCN(c2nc3ncc(Sc4cccnc4)nc3[nH]2)CC1. The summed E-state index contributed by atoms with van der Waals surface area (Å²) < 4.78 is 0. The topological polar surface area (TPSA) is 96.6 Å². The summed E-state index contributed by atoms with van der Waals surface area (Å²) in [6.45, 7) is 3.89. The Morgan fingerprint density at radius 2 is 2.08 bits per heavy atom. The number of nitrogens with one attached hydrogen (secondary N) is 1. The Kier molecular flexibility index (Phi) is 3.85. The number of aromatic nitrogens is 5. The van der Waals surface area contributed by atoms with Crippen LogP contribution in [0.5, 0.6) is 0 Å². The number of nitrogens with two attached hydrogens (primary N) is 1. The average Bonchev–Trinajstić information content (AvgIpc) is 2.99. The lowest BCUT2D eigenvalue weighted by atomic mass is 9.91. The fourth-order valence-corrected chi connectivity index (χ4v) is 3.47. The molecule has 124 valence electrons. The fraction of sp³-hybridized carbons (Fsp3) is 0.375. The number of H-pyrrole nitrogens is 1. The maximum absolute atomic E-state index is 6.20. The minimum absolute atomic E-state index is 0.0768. The molecule has 0 aliphatic carbocycles. The van der Waals surface area contributed by atoms with Crippen LogP contribution in [0.2, 0.25) is 0 Å². The van der Waals surface area contributed by atoms with Gasteiger partial charge in [0.2, 0.25) is 5.95 Å². The first kappa shape index (κ1) is 15.3. The van der Waals surface area contributed by atoms with Crippen LogP contribution in [0.15, 0.2) is 40.6 Å². The summed E-state index contributed by atoms with van der Waals surface area (Å²) in [6.07, 6.45) is 7.22. The van der Waals surface area contributed by atoms with Gasteiger partial charge in [-0.1, -0.05) is 11.8 Å². The molecule has 0 radical (unpaired) electrons. The number of nitrogens with zero attached hydrogens (tertiary/aromatic N) is 5. The molecule has 3 aromatic rings. The lowest BCUT2D eigenvalue weighted by Crippen LogP contribution is -2.48. The molecule has 1 aliphatic heterocycles. The van der Waals surface area contributed by atoms with E-state index in [1.807, 2.05) is 18.3 Å². The number of fused-ring (bicyclic) bond motifs is 1. The van der Waals surface area contributed by atoms with Gasteiger partial charge in [-0.05, 0) is 31.9 Å². The Hall–Kier alpha value is -2.19. The van der Waals surface area contributed by atoms with E-state index in [4.69, 9.17) is 5.73 Å². The smallest absolute Gasteiger partial charge is 0.206 e.